The third kappa shape index (κ3) is 3.12. The third-order valence-electron chi connectivity index (χ3n) is 3.01. The van der Waals surface area contributed by atoms with Crippen molar-refractivity contribution < 1.29 is 9.47 Å². The highest BCUT2D eigenvalue weighted by Crippen LogP contribution is 2.25. The lowest BCUT2D eigenvalue weighted by Gasteiger charge is -2.14. The molecule has 1 aliphatic heterocycles. The molecule has 1 aromatic heterocycles. The minimum atomic E-state index is 0.181. The van der Waals surface area contributed by atoms with Crippen LogP contribution in [0.3, 0.4) is 0 Å². The molecule has 0 saturated carbocycles. The van der Waals surface area contributed by atoms with E-state index in [1.807, 2.05) is 20.8 Å². The number of hydrogen-bond acceptors (Lipinski definition) is 4. The van der Waals surface area contributed by atoms with Crippen LogP contribution in [0.4, 0.5) is 0 Å². The molecule has 2 heterocycles. The van der Waals surface area contributed by atoms with Gasteiger partial charge in [0.15, 0.2) is 0 Å². The Labute approximate surface area is 113 Å². The van der Waals surface area contributed by atoms with Crippen molar-refractivity contribution in [2.75, 3.05) is 13.2 Å². The van der Waals surface area contributed by atoms with Gasteiger partial charge < -0.3 is 9.47 Å². The fraction of sp³-hybridized carbons (Fsp3) is 0.692. The van der Waals surface area contributed by atoms with E-state index in [1.165, 1.54) is 0 Å². The lowest BCUT2D eigenvalue weighted by atomic mass is 10.2. The first-order valence-corrected chi connectivity index (χ1v) is 6.74. The molecule has 0 bridgehead atoms. The van der Waals surface area contributed by atoms with E-state index < -0.39 is 0 Å². The molecular weight excluding hydrogens is 252 g/mol. The minimum Gasteiger partial charge on any atom is -0.475 e. The molecule has 0 N–H and O–H groups in total. The van der Waals surface area contributed by atoms with Crippen molar-refractivity contribution in [2.24, 2.45) is 0 Å². The smallest absolute Gasteiger partial charge is 0.221 e. The minimum absolute atomic E-state index is 0.181. The monoisotopic (exact) mass is 270 g/mol. The molecule has 1 saturated heterocycles. The van der Waals surface area contributed by atoms with E-state index >= 15 is 0 Å². The fourth-order valence-electron chi connectivity index (χ4n) is 1.83. The quantitative estimate of drug-likeness (QED) is 0.789. The van der Waals surface area contributed by atoms with Gasteiger partial charge in [0.05, 0.1) is 6.10 Å². The van der Waals surface area contributed by atoms with Crippen LogP contribution >= 0.6 is 11.6 Å². The molecule has 1 aliphatic rings. The van der Waals surface area contributed by atoms with Crippen molar-refractivity contribution in [3.05, 3.63) is 16.5 Å². The summed E-state index contributed by atoms with van der Waals surface area (Å²) in [6.45, 7) is 7.30. The lowest BCUT2D eigenvalue weighted by molar-refractivity contribution is 0.0659. The van der Waals surface area contributed by atoms with Gasteiger partial charge >= 0.3 is 0 Å². The van der Waals surface area contributed by atoms with Crippen LogP contribution in [0.15, 0.2) is 0 Å². The molecule has 100 valence electrons. The van der Waals surface area contributed by atoms with Gasteiger partial charge in [0, 0.05) is 18.1 Å². The summed E-state index contributed by atoms with van der Waals surface area (Å²) in [6.07, 6.45) is 2.34. The fourth-order valence-corrected chi connectivity index (χ4v) is 2.00. The predicted octanol–water partition coefficient (Wildman–Crippen LogP) is 3.12. The first-order valence-electron chi connectivity index (χ1n) is 6.36. The van der Waals surface area contributed by atoms with Crippen molar-refractivity contribution in [2.45, 2.75) is 45.6 Å². The van der Waals surface area contributed by atoms with Gasteiger partial charge in [-0.25, -0.2) is 4.98 Å². The Hall–Kier alpha value is -0.870. The Morgan fingerprint density at radius 2 is 2.22 bits per heavy atom. The topological polar surface area (TPSA) is 44.2 Å². The van der Waals surface area contributed by atoms with Crippen molar-refractivity contribution >= 4 is 11.6 Å². The largest absolute Gasteiger partial charge is 0.475 e. The van der Waals surface area contributed by atoms with E-state index in [0.717, 1.165) is 25.0 Å². The van der Waals surface area contributed by atoms with Gasteiger partial charge in [0.25, 0.3) is 0 Å². The lowest BCUT2D eigenvalue weighted by Crippen LogP contribution is -2.18. The molecule has 5 heteroatoms. The number of hydrogen-bond donors (Lipinski definition) is 0. The SMILES string of the molecule is Cc1c(Cl)nc(C(C)C)nc1OCC1CCCO1. The highest BCUT2D eigenvalue weighted by Gasteiger charge is 2.18. The molecule has 1 fully saturated rings. The van der Waals surface area contributed by atoms with E-state index in [0.29, 0.717) is 23.5 Å². The summed E-state index contributed by atoms with van der Waals surface area (Å²) >= 11 is 6.10. The maximum atomic E-state index is 6.10. The van der Waals surface area contributed by atoms with Crippen LogP contribution in [-0.4, -0.2) is 29.3 Å². The molecule has 0 aromatic carbocycles. The van der Waals surface area contributed by atoms with Crippen LogP contribution in [0.5, 0.6) is 5.88 Å². The van der Waals surface area contributed by atoms with Gasteiger partial charge in [0.2, 0.25) is 5.88 Å². The molecule has 18 heavy (non-hydrogen) atoms. The van der Waals surface area contributed by atoms with Crippen LogP contribution < -0.4 is 4.74 Å². The van der Waals surface area contributed by atoms with Gasteiger partial charge in [-0.05, 0) is 19.8 Å². The first kappa shape index (κ1) is 13.6. The van der Waals surface area contributed by atoms with Gasteiger partial charge in [-0.15, -0.1) is 0 Å². The van der Waals surface area contributed by atoms with Crippen molar-refractivity contribution in [1.29, 1.82) is 0 Å². The number of ether oxygens (including phenoxy) is 2. The zero-order chi connectivity index (χ0) is 13.1. The molecule has 1 unspecified atom stereocenters. The molecule has 2 rings (SSSR count). The second kappa shape index (κ2) is 5.85. The molecule has 0 radical (unpaired) electrons. The van der Waals surface area contributed by atoms with Crippen molar-refractivity contribution in [1.82, 2.24) is 9.97 Å². The molecule has 0 spiro atoms. The van der Waals surface area contributed by atoms with Crippen LogP contribution in [0, 0.1) is 6.92 Å². The van der Waals surface area contributed by atoms with Crippen LogP contribution in [-0.2, 0) is 4.74 Å². The molecule has 1 atom stereocenters. The molecule has 4 nitrogen and oxygen atoms in total. The van der Waals surface area contributed by atoms with Crippen molar-refractivity contribution in [3.8, 4) is 5.88 Å². The van der Waals surface area contributed by atoms with E-state index in [9.17, 15) is 0 Å². The number of aromatic nitrogens is 2. The summed E-state index contributed by atoms with van der Waals surface area (Å²) < 4.78 is 11.3. The Morgan fingerprint density at radius 3 is 2.83 bits per heavy atom. The third-order valence-corrected chi connectivity index (χ3v) is 3.37. The van der Waals surface area contributed by atoms with Gasteiger partial charge in [-0.3, -0.25) is 0 Å². The van der Waals surface area contributed by atoms with E-state index in [1.54, 1.807) is 0 Å². The molecule has 0 aliphatic carbocycles. The molecule has 1 aromatic rings. The summed E-state index contributed by atoms with van der Waals surface area (Å²) in [7, 11) is 0. The number of halogens is 1. The van der Waals surface area contributed by atoms with Gasteiger partial charge in [-0.2, -0.15) is 4.98 Å². The number of nitrogens with zero attached hydrogens (tertiary/aromatic N) is 2. The summed E-state index contributed by atoms with van der Waals surface area (Å²) in [5.74, 6) is 1.52. The second-order valence-electron chi connectivity index (χ2n) is 4.90. The Kier molecular flexibility index (Phi) is 4.40. The van der Waals surface area contributed by atoms with Crippen LogP contribution in [0.25, 0.3) is 0 Å². The summed E-state index contributed by atoms with van der Waals surface area (Å²) in [5, 5.41) is 0.469. The maximum absolute atomic E-state index is 6.10. The van der Waals surface area contributed by atoms with E-state index in [2.05, 4.69) is 9.97 Å². The summed E-state index contributed by atoms with van der Waals surface area (Å²) in [5.41, 5.74) is 0.791. The first-order chi connectivity index (χ1) is 8.58. The highest BCUT2D eigenvalue weighted by atomic mass is 35.5. The second-order valence-corrected chi connectivity index (χ2v) is 5.26. The van der Waals surface area contributed by atoms with E-state index in [4.69, 9.17) is 21.1 Å². The van der Waals surface area contributed by atoms with Crippen LogP contribution in [0.1, 0.15) is 44.0 Å². The summed E-state index contributed by atoms with van der Waals surface area (Å²) in [4.78, 5) is 8.68. The van der Waals surface area contributed by atoms with E-state index in [-0.39, 0.29) is 12.0 Å². The average Bonchev–Trinajstić information content (AvgIpc) is 2.83. The van der Waals surface area contributed by atoms with Gasteiger partial charge in [-0.1, -0.05) is 25.4 Å². The Bertz CT molecular complexity index is 418. The zero-order valence-electron chi connectivity index (χ0n) is 11.1. The average molecular weight is 271 g/mol. The van der Waals surface area contributed by atoms with Gasteiger partial charge in [0.1, 0.15) is 17.6 Å². The van der Waals surface area contributed by atoms with Crippen molar-refractivity contribution in [3.63, 3.8) is 0 Å². The maximum Gasteiger partial charge on any atom is 0.221 e. The standard InChI is InChI=1S/C13H19ClN2O2/c1-8(2)12-15-11(14)9(3)13(16-12)18-7-10-5-4-6-17-10/h8,10H,4-7H2,1-3H3. The Morgan fingerprint density at radius 1 is 1.44 bits per heavy atom. The van der Waals surface area contributed by atoms with Crippen LogP contribution in [0.2, 0.25) is 5.15 Å². The summed E-state index contributed by atoms with van der Waals surface area (Å²) in [6, 6.07) is 0. The molecular formula is C13H19ClN2O2. The zero-order valence-corrected chi connectivity index (χ0v) is 11.8. The predicted molar refractivity (Wildman–Crippen MR) is 70.3 cm³/mol. The highest BCUT2D eigenvalue weighted by molar-refractivity contribution is 6.30. The molecule has 0 amide bonds. The number of rotatable bonds is 4. The Balaban J connectivity index is 2.10. The normalized spacial score (nSPS) is 19.5.